The molecule has 9 nitrogen and oxygen atoms in total. The first kappa shape index (κ1) is 21.4. The molecule has 1 aliphatic heterocycles. The van der Waals surface area contributed by atoms with Gasteiger partial charge in [0.15, 0.2) is 24.0 Å². The summed E-state index contributed by atoms with van der Waals surface area (Å²) < 4.78 is 29.3. The number of aryl methyl sites for hydroxylation is 1. The first-order chi connectivity index (χ1) is 16.7. The van der Waals surface area contributed by atoms with Gasteiger partial charge in [-0.2, -0.15) is 5.10 Å². The zero-order valence-corrected chi connectivity index (χ0v) is 18.5. The number of benzene rings is 2. The van der Waals surface area contributed by atoms with Crippen LogP contribution in [-0.4, -0.2) is 22.5 Å². The minimum atomic E-state index is -0.384. The van der Waals surface area contributed by atoms with Crippen molar-refractivity contribution in [3.05, 3.63) is 84.1 Å². The number of carbonyl (C=O) groups excluding carboxylic acids is 1. The zero-order chi connectivity index (χ0) is 23.3. The SMILES string of the molecule is CCc1ccc(OCn2cc(NC(=O)c3ccc(COc4ccc5c(c4)OCO5)o3)cn2)cc1. The van der Waals surface area contributed by atoms with E-state index in [1.165, 1.54) is 5.56 Å². The van der Waals surface area contributed by atoms with Crippen molar-refractivity contribution in [3.63, 3.8) is 0 Å². The molecule has 0 saturated heterocycles. The molecule has 0 radical (unpaired) electrons. The third kappa shape index (κ3) is 4.98. The summed E-state index contributed by atoms with van der Waals surface area (Å²) in [4.78, 5) is 12.5. The Morgan fingerprint density at radius 2 is 1.85 bits per heavy atom. The monoisotopic (exact) mass is 461 g/mol. The van der Waals surface area contributed by atoms with E-state index in [1.807, 2.05) is 24.3 Å². The Labute approximate surface area is 195 Å². The summed E-state index contributed by atoms with van der Waals surface area (Å²) in [6.45, 7) is 2.70. The second-order valence-electron chi connectivity index (χ2n) is 7.56. The van der Waals surface area contributed by atoms with E-state index in [4.69, 9.17) is 23.4 Å². The lowest BCUT2D eigenvalue weighted by Gasteiger charge is -2.06. The minimum absolute atomic E-state index is 0.168. The highest BCUT2D eigenvalue weighted by molar-refractivity contribution is 6.02. The van der Waals surface area contributed by atoms with Crippen LogP contribution in [0.2, 0.25) is 0 Å². The van der Waals surface area contributed by atoms with Gasteiger partial charge in [0.25, 0.3) is 5.91 Å². The summed E-state index contributed by atoms with van der Waals surface area (Å²) in [7, 11) is 0. The zero-order valence-electron chi connectivity index (χ0n) is 18.5. The molecule has 2 aromatic carbocycles. The number of amides is 1. The molecule has 1 aliphatic rings. The predicted octanol–water partition coefficient (Wildman–Crippen LogP) is 4.64. The van der Waals surface area contributed by atoms with Gasteiger partial charge >= 0.3 is 0 Å². The maximum Gasteiger partial charge on any atom is 0.291 e. The highest BCUT2D eigenvalue weighted by Crippen LogP contribution is 2.35. The standard InChI is InChI=1S/C25H23N3O6/c1-2-17-3-5-19(6-4-17)31-15-28-13-18(12-26-28)27-25(29)23-10-8-21(34-23)14-30-20-7-9-22-24(11-20)33-16-32-22/h3-13H,2,14-16H2,1H3,(H,27,29). The van der Waals surface area contributed by atoms with Crippen LogP contribution in [0, 0.1) is 0 Å². The summed E-state index contributed by atoms with van der Waals surface area (Å²) >= 11 is 0. The molecular weight excluding hydrogens is 438 g/mol. The Kier molecular flexibility index (Phi) is 6.07. The number of hydrogen-bond acceptors (Lipinski definition) is 7. The predicted molar refractivity (Wildman–Crippen MR) is 122 cm³/mol. The molecular formula is C25H23N3O6. The Balaban J connectivity index is 1.12. The fourth-order valence-electron chi connectivity index (χ4n) is 3.35. The highest BCUT2D eigenvalue weighted by atomic mass is 16.7. The van der Waals surface area contributed by atoms with Crippen LogP contribution in [0.1, 0.15) is 28.8 Å². The third-order valence-corrected chi connectivity index (χ3v) is 5.20. The van der Waals surface area contributed by atoms with Gasteiger partial charge in [-0.1, -0.05) is 19.1 Å². The van der Waals surface area contributed by atoms with E-state index in [2.05, 4.69) is 17.3 Å². The van der Waals surface area contributed by atoms with Crippen LogP contribution >= 0.6 is 0 Å². The molecule has 4 aromatic rings. The Bertz CT molecular complexity index is 1280. The first-order valence-corrected chi connectivity index (χ1v) is 10.8. The van der Waals surface area contributed by atoms with E-state index in [9.17, 15) is 4.79 Å². The third-order valence-electron chi connectivity index (χ3n) is 5.20. The van der Waals surface area contributed by atoms with Gasteiger partial charge in [0, 0.05) is 6.07 Å². The number of aromatic nitrogens is 2. The van der Waals surface area contributed by atoms with Gasteiger partial charge in [-0.3, -0.25) is 4.79 Å². The van der Waals surface area contributed by atoms with Gasteiger partial charge in [-0.25, -0.2) is 4.68 Å². The van der Waals surface area contributed by atoms with E-state index in [0.717, 1.165) is 12.2 Å². The Morgan fingerprint density at radius 3 is 2.71 bits per heavy atom. The number of carbonyl (C=O) groups is 1. The number of fused-ring (bicyclic) bond motifs is 1. The quantitative estimate of drug-likeness (QED) is 0.388. The van der Waals surface area contributed by atoms with Crippen LogP contribution in [0.3, 0.4) is 0 Å². The molecule has 1 amide bonds. The topological polar surface area (TPSA) is 97.0 Å². The van der Waals surface area contributed by atoms with Crippen LogP contribution in [-0.2, 0) is 19.8 Å². The second kappa shape index (κ2) is 9.62. The summed E-state index contributed by atoms with van der Waals surface area (Å²) in [5, 5.41) is 6.98. The molecule has 0 unspecified atom stereocenters. The molecule has 0 saturated carbocycles. The summed E-state index contributed by atoms with van der Waals surface area (Å²) in [6, 6.07) is 16.5. The molecule has 0 fully saturated rings. The van der Waals surface area contributed by atoms with Crippen LogP contribution in [0.25, 0.3) is 0 Å². The van der Waals surface area contributed by atoms with Crippen LogP contribution < -0.4 is 24.3 Å². The highest BCUT2D eigenvalue weighted by Gasteiger charge is 2.15. The van der Waals surface area contributed by atoms with Crippen molar-refractivity contribution in [3.8, 4) is 23.0 Å². The smallest absolute Gasteiger partial charge is 0.291 e. The summed E-state index contributed by atoms with van der Waals surface area (Å²) in [5.41, 5.74) is 1.78. The van der Waals surface area contributed by atoms with Crippen molar-refractivity contribution < 1.29 is 28.2 Å². The first-order valence-electron chi connectivity index (χ1n) is 10.8. The molecule has 0 spiro atoms. The number of hydrogen-bond donors (Lipinski definition) is 1. The van der Waals surface area contributed by atoms with E-state index < -0.39 is 0 Å². The van der Waals surface area contributed by atoms with E-state index in [1.54, 1.807) is 47.4 Å². The van der Waals surface area contributed by atoms with Gasteiger partial charge in [-0.05, 0) is 48.4 Å². The fourth-order valence-corrected chi connectivity index (χ4v) is 3.35. The van der Waals surface area contributed by atoms with Crippen molar-refractivity contribution in [2.45, 2.75) is 26.7 Å². The minimum Gasteiger partial charge on any atom is -0.486 e. The molecule has 3 heterocycles. The lowest BCUT2D eigenvalue weighted by atomic mass is 10.2. The Morgan fingerprint density at radius 1 is 1.03 bits per heavy atom. The molecule has 0 bridgehead atoms. The fraction of sp³-hybridized carbons (Fsp3) is 0.200. The van der Waals surface area contributed by atoms with Gasteiger partial charge in [-0.15, -0.1) is 0 Å². The summed E-state index contributed by atoms with van der Waals surface area (Å²) in [6.07, 6.45) is 4.21. The molecule has 34 heavy (non-hydrogen) atoms. The van der Waals surface area contributed by atoms with Crippen molar-refractivity contribution >= 4 is 11.6 Å². The average Bonchev–Trinajstić information content (AvgIpc) is 3.62. The maximum atomic E-state index is 12.5. The van der Waals surface area contributed by atoms with E-state index in [0.29, 0.717) is 28.7 Å². The van der Waals surface area contributed by atoms with Crippen LogP contribution in [0.5, 0.6) is 23.0 Å². The second-order valence-corrected chi connectivity index (χ2v) is 7.56. The number of anilines is 1. The molecule has 1 N–H and O–H groups in total. The lowest BCUT2D eigenvalue weighted by molar-refractivity contribution is 0.0992. The maximum absolute atomic E-state index is 12.5. The van der Waals surface area contributed by atoms with Crippen LogP contribution in [0.15, 0.2) is 71.4 Å². The van der Waals surface area contributed by atoms with Crippen molar-refractivity contribution in [2.75, 3.05) is 12.1 Å². The van der Waals surface area contributed by atoms with Gasteiger partial charge < -0.3 is 28.7 Å². The number of rotatable bonds is 9. The molecule has 174 valence electrons. The van der Waals surface area contributed by atoms with Crippen molar-refractivity contribution in [2.24, 2.45) is 0 Å². The number of ether oxygens (including phenoxy) is 4. The number of nitrogens with one attached hydrogen (secondary N) is 1. The normalized spacial score (nSPS) is 11.9. The summed E-state index contributed by atoms with van der Waals surface area (Å²) in [5.74, 6) is 2.99. The van der Waals surface area contributed by atoms with Crippen molar-refractivity contribution in [1.29, 1.82) is 0 Å². The largest absolute Gasteiger partial charge is 0.486 e. The van der Waals surface area contributed by atoms with Gasteiger partial charge in [0.1, 0.15) is 23.9 Å². The molecule has 5 rings (SSSR count). The lowest BCUT2D eigenvalue weighted by Crippen LogP contribution is -2.10. The van der Waals surface area contributed by atoms with Gasteiger partial charge in [0.05, 0.1) is 18.1 Å². The number of furan rings is 1. The molecule has 0 aliphatic carbocycles. The van der Waals surface area contributed by atoms with Crippen LogP contribution in [0.4, 0.5) is 5.69 Å². The molecule has 2 aromatic heterocycles. The molecule has 0 atom stereocenters. The van der Waals surface area contributed by atoms with Gasteiger partial charge in [0.2, 0.25) is 6.79 Å². The number of nitrogens with zero attached hydrogens (tertiary/aromatic N) is 2. The van der Waals surface area contributed by atoms with E-state index >= 15 is 0 Å². The van der Waals surface area contributed by atoms with E-state index in [-0.39, 0.29) is 31.8 Å². The van der Waals surface area contributed by atoms with Crippen molar-refractivity contribution in [1.82, 2.24) is 9.78 Å². The average molecular weight is 461 g/mol. The molecule has 9 heteroatoms. The Hall–Kier alpha value is -4.40.